The third-order valence-electron chi connectivity index (χ3n) is 5.44. The quantitative estimate of drug-likeness (QED) is 0.286. The summed E-state index contributed by atoms with van der Waals surface area (Å²) in [5.41, 5.74) is -5.91. The maximum absolute atomic E-state index is 12.0. The first-order valence-electron chi connectivity index (χ1n) is 7.72. The van der Waals surface area contributed by atoms with Gasteiger partial charge in [-0.15, -0.1) is 0 Å². The maximum Gasteiger partial charge on any atom is 0.333 e. The van der Waals surface area contributed by atoms with Crippen molar-refractivity contribution in [3.05, 3.63) is 0 Å². The Kier molecular flexibility index (Phi) is 6.99. The van der Waals surface area contributed by atoms with Crippen LogP contribution in [0.5, 0.6) is 0 Å². The van der Waals surface area contributed by atoms with Crippen molar-refractivity contribution in [2.75, 3.05) is 0 Å². The van der Waals surface area contributed by atoms with Crippen LogP contribution in [0.4, 0.5) is 0 Å². The number of epoxide rings is 1. The Bertz CT molecular complexity index is 554. The summed E-state index contributed by atoms with van der Waals surface area (Å²) >= 11 is 0. The van der Waals surface area contributed by atoms with Gasteiger partial charge in [-0.2, -0.15) is 0 Å². The zero-order valence-corrected chi connectivity index (χ0v) is 16.7. The molecule has 0 aromatic rings. The van der Waals surface area contributed by atoms with E-state index in [1.54, 1.807) is 0 Å². The summed E-state index contributed by atoms with van der Waals surface area (Å²) in [6.45, 7) is 1.30. The van der Waals surface area contributed by atoms with E-state index in [2.05, 4.69) is 0 Å². The fraction of sp³-hybridized carbons (Fsp3) is 0.733. The molecule has 25 heavy (non-hydrogen) atoms. The summed E-state index contributed by atoms with van der Waals surface area (Å²) in [6.07, 6.45) is 1.04. The molecule has 2 rings (SSSR count). The second-order valence-electron chi connectivity index (χ2n) is 6.50. The molecule has 4 atom stereocenters. The Morgan fingerprint density at radius 3 is 1.80 bits per heavy atom. The van der Waals surface area contributed by atoms with E-state index in [1.165, 1.54) is 6.92 Å². The van der Waals surface area contributed by atoms with Crippen LogP contribution in [0.15, 0.2) is 0 Å². The van der Waals surface area contributed by atoms with E-state index >= 15 is 0 Å². The summed E-state index contributed by atoms with van der Waals surface area (Å²) in [5, 5.41) is 38.0. The second-order valence-corrected chi connectivity index (χ2v) is 6.50. The number of aliphatic carboxylic acids is 4. The fourth-order valence-corrected chi connectivity index (χ4v) is 4.02. The van der Waals surface area contributed by atoms with Crippen LogP contribution < -0.4 is 0 Å². The van der Waals surface area contributed by atoms with Crippen molar-refractivity contribution >= 4 is 23.9 Å². The third-order valence-corrected chi connectivity index (χ3v) is 5.44. The molecule has 1 saturated heterocycles. The van der Waals surface area contributed by atoms with E-state index in [-0.39, 0.29) is 66.3 Å². The summed E-state index contributed by atoms with van der Waals surface area (Å²) in [7, 11) is 0. The average molecular weight is 484 g/mol. The molecule has 0 amide bonds. The molecule has 9 nitrogen and oxygen atoms in total. The Labute approximate surface area is 177 Å². The van der Waals surface area contributed by atoms with Crippen LogP contribution in [0.25, 0.3) is 0 Å². The van der Waals surface area contributed by atoms with Crippen molar-refractivity contribution < 1.29 is 86.1 Å². The normalized spacial score (nSPS) is 27.2. The zero-order chi connectivity index (χ0) is 18.3. The van der Waals surface area contributed by atoms with E-state index in [0.717, 1.165) is 0 Å². The molecule has 0 radical (unpaired) electrons. The van der Waals surface area contributed by atoms with Gasteiger partial charge in [0, 0.05) is 41.7 Å². The molecule has 4 N–H and O–H groups in total. The van der Waals surface area contributed by atoms with Crippen LogP contribution in [-0.4, -0.2) is 56.5 Å². The summed E-state index contributed by atoms with van der Waals surface area (Å²) in [4.78, 5) is 47.0. The van der Waals surface area contributed by atoms with Gasteiger partial charge in [-0.25, -0.2) is 0 Å². The molecule has 1 aliphatic heterocycles. The number of hydrogen-bond acceptors (Lipinski definition) is 5. The monoisotopic (exact) mass is 484 g/mol. The standard InChI is InChI=1S/C15H20O9.Ce/c1-2-14(10(16)17,6-7-3-4-8-9(5-7)24-8)15(11(18)19,12(20)21)13(22)23;/h7-9H,2-6H2,1H3,(H,16,17)(H,18,19)(H,20,21)(H,22,23);. The van der Waals surface area contributed by atoms with E-state index in [0.29, 0.717) is 19.3 Å². The van der Waals surface area contributed by atoms with Gasteiger partial charge < -0.3 is 25.2 Å². The number of carboxylic acid groups (broad SMARTS) is 4. The molecular weight excluding hydrogens is 464 g/mol. The Morgan fingerprint density at radius 2 is 1.44 bits per heavy atom. The Morgan fingerprint density at radius 1 is 0.920 bits per heavy atom. The first-order valence-corrected chi connectivity index (χ1v) is 7.72. The van der Waals surface area contributed by atoms with E-state index < -0.39 is 41.1 Å². The van der Waals surface area contributed by atoms with E-state index in [4.69, 9.17) is 4.74 Å². The summed E-state index contributed by atoms with van der Waals surface area (Å²) in [6, 6.07) is 0. The molecule has 1 aliphatic carbocycles. The number of hydrogen-bond donors (Lipinski definition) is 4. The smallest absolute Gasteiger partial charge is 0.333 e. The predicted octanol–water partition coefficient (Wildman–Crippen LogP) is 0.665. The molecule has 1 saturated carbocycles. The minimum Gasteiger partial charge on any atom is -0.481 e. The Hall–Kier alpha value is -0.783. The molecule has 138 valence electrons. The van der Waals surface area contributed by atoms with Gasteiger partial charge in [-0.05, 0) is 38.0 Å². The second kappa shape index (κ2) is 7.85. The van der Waals surface area contributed by atoms with Crippen molar-refractivity contribution in [2.45, 2.75) is 51.2 Å². The minimum absolute atomic E-state index is 0. The molecular formula is C15H20CeO9. The van der Waals surface area contributed by atoms with Crippen LogP contribution in [0.1, 0.15) is 39.0 Å². The van der Waals surface area contributed by atoms with Gasteiger partial charge in [0.15, 0.2) is 0 Å². The van der Waals surface area contributed by atoms with Gasteiger partial charge in [0.1, 0.15) is 5.41 Å². The summed E-state index contributed by atoms with van der Waals surface area (Å²) in [5.74, 6) is -8.56. The van der Waals surface area contributed by atoms with E-state index in [9.17, 15) is 39.6 Å². The van der Waals surface area contributed by atoms with Gasteiger partial charge in [0.25, 0.3) is 5.41 Å². The fourth-order valence-electron chi connectivity index (χ4n) is 4.02. The van der Waals surface area contributed by atoms with Crippen LogP contribution >= 0.6 is 0 Å². The summed E-state index contributed by atoms with van der Waals surface area (Å²) < 4.78 is 5.35. The van der Waals surface area contributed by atoms with Crippen LogP contribution in [0.3, 0.4) is 0 Å². The molecule has 2 aliphatic rings. The molecule has 0 spiro atoms. The van der Waals surface area contributed by atoms with Gasteiger partial charge >= 0.3 is 23.9 Å². The number of fused-ring (bicyclic) bond motifs is 1. The van der Waals surface area contributed by atoms with Gasteiger partial charge in [-0.3, -0.25) is 19.2 Å². The van der Waals surface area contributed by atoms with Crippen LogP contribution in [0.2, 0.25) is 0 Å². The molecule has 10 heteroatoms. The zero-order valence-electron chi connectivity index (χ0n) is 13.6. The molecule has 2 fully saturated rings. The molecule has 1 heterocycles. The Balaban J connectivity index is 0.00000312. The number of carboxylic acids is 4. The van der Waals surface area contributed by atoms with Crippen molar-refractivity contribution in [1.82, 2.24) is 0 Å². The minimum atomic E-state index is -3.45. The number of carbonyl (C=O) groups is 4. The van der Waals surface area contributed by atoms with Gasteiger partial charge in [0.05, 0.1) is 12.2 Å². The van der Waals surface area contributed by atoms with Crippen LogP contribution in [0, 0.1) is 58.5 Å². The molecule has 0 aromatic carbocycles. The van der Waals surface area contributed by atoms with Crippen molar-refractivity contribution in [3.63, 3.8) is 0 Å². The maximum atomic E-state index is 12.0. The first-order chi connectivity index (χ1) is 11.1. The average Bonchev–Trinajstić information content (AvgIpc) is 3.23. The van der Waals surface area contributed by atoms with Crippen molar-refractivity contribution in [3.8, 4) is 0 Å². The van der Waals surface area contributed by atoms with E-state index in [1.807, 2.05) is 0 Å². The molecule has 0 aromatic heterocycles. The van der Waals surface area contributed by atoms with Crippen LogP contribution in [-0.2, 0) is 23.9 Å². The largest absolute Gasteiger partial charge is 0.481 e. The van der Waals surface area contributed by atoms with Gasteiger partial charge in [0.2, 0.25) is 0 Å². The van der Waals surface area contributed by atoms with Gasteiger partial charge in [-0.1, -0.05) is 6.92 Å². The number of ether oxygens (including phenoxy) is 1. The molecule has 4 unspecified atom stereocenters. The SMILES string of the molecule is CCC(CC1CCC2OC2C1)(C(=O)O)C(C(=O)O)(C(=O)O)C(=O)O.[Ce]. The van der Waals surface area contributed by atoms with Crippen molar-refractivity contribution in [1.29, 1.82) is 0 Å². The van der Waals surface area contributed by atoms with Crippen molar-refractivity contribution in [2.24, 2.45) is 16.7 Å². The topological polar surface area (TPSA) is 162 Å². The predicted molar refractivity (Wildman–Crippen MR) is 76.3 cm³/mol. The first kappa shape index (κ1) is 22.3. The third kappa shape index (κ3) is 3.43. The number of rotatable bonds is 8. The molecule has 0 bridgehead atoms.